The molecule has 0 aliphatic carbocycles. The third kappa shape index (κ3) is 4.46. The summed E-state index contributed by atoms with van der Waals surface area (Å²) in [6.45, 7) is 5.04. The average Bonchev–Trinajstić information content (AvgIpc) is 3.21. The quantitative estimate of drug-likeness (QED) is 0.448. The van der Waals surface area contributed by atoms with Crippen LogP contribution in [0.2, 0.25) is 0 Å². The summed E-state index contributed by atoms with van der Waals surface area (Å²) < 4.78 is 12.6. The van der Waals surface area contributed by atoms with Gasteiger partial charge in [0.25, 0.3) is 0 Å². The number of para-hydroxylation sites is 1. The fourth-order valence-electron chi connectivity index (χ4n) is 3.99. The number of fused-ring (bicyclic) bond motifs is 1. The van der Waals surface area contributed by atoms with Crippen LogP contribution in [0.5, 0.6) is 5.75 Å². The molecule has 2 aromatic carbocycles. The highest BCUT2D eigenvalue weighted by Gasteiger charge is 2.20. The largest absolute Gasteiger partial charge is 0.497 e. The standard InChI is InChI=1S/C24H27N7O2/c1-32-19-9-5-6-17(16-19)21-20-22(25)31(18-7-3-2-4-8-18)29-23(20)28-24(27-21)26-10-11-30-12-14-33-15-13-30/h2-9,16H,10-15,25H2,1H3,(H,26,28,29). The molecule has 0 amide bonds. The maximum atomic E-state index is 6.58. The van der Waals surface area contributed by atoms with E-state index in [9.17, 15) is 0 Å². The van der Waals surface area contributed by atoms with Crippen LogP contribution in [0.3, 0.4) is 0 Å². The van der Waals surface area contributed by atoms with Gasteiger partial charge in [-0.15, -0.1) is 5.10 Å². The molecule has 1 aliphatic heterocycles. The number of rotatable bonds is 7. The fraction of sp³-hybridized carbons (Fsp3) is 0.292. The highest BCUT2D eigenvalue weighted by atomic mass is 16.5. The summed E-state index contributed by atoms with van der Waals surface area (Å²) in [4.78, 5) is 11.9. The summed E-state index contributed by atoms with van der Waals surface area (Å²) >= 11 is 0. The van der Waals surface area contributed by atoms with Gasteiger partial charge in [-0.25, -0.2) is 9.67 Å². The van der Waals surface area contributed by atoms with Crippen LogP contribution in [0.4, 0.5) is 11.8 Å². The van der Waals surface area contributed by atoms with Crippen LogP contribution in [-0.2, 0) is 4.74 Å². The number of methoxy groups -OCH3 is 1. The molecule has 3 N–H and O–H groups in total. The third-order valence-electron chi connectivity index (χ3n) is 5.73. The number of nitrogens with two attached hydrogens (primary N) is 1. The molecule has 9 heteroatoms. The van der Waals surface area contributed by atoms with E-state index in [2.05, 4.69) is 15.2 Å². The number of hydrogen-bond acceptors (Lipinski definition) is 8. The molecule has 4 aromatic rings. The first-order chi connectivity index (χ1) is 16.2. The Hall–Kier alpha value is -3.69. The van der Waals surface area contributed by atoms with Crippen LogP contribution >= 0.6 is 0 Å². The number of morpholine rings is 1. The van der Waals surface area contributed by atoms with Gasteiger partial charge in [0.2, 0.25) is 5.95 Å². The Labute approximate surface area is 192 Å². The maximum Gasteiger partial charge on any atom is 0.225 e. The van der Waals surface area contributed by atoms with Crippen molar-refractivity contribution < 1.29 is 9.47 Å². The zero-order valence-electron chi connectivity index (χ0n) is 18.6. The van der Waals surface area contributed by atoms with Crippen molar-refractivity contribution in [1.82, 2.24) is 24.6 Å². The topological polar surface area (TPSA) is 103 Å². The molecule has 0 unspecified atom stereocenters. The Morgan fingerprint density at radius 3 is 2.67 bits per heavy atom. The second kappa shape index (κ2) is 9.43. The lowest BCUT2D eigenvalue weighted by Gasteiger charge is -2.26. The zero-order chi connectivity index (χ0) is 22.6. The Kier molecular flexibility index (Phi) is 6.05. The van der Waals surface area contributed by atoms with Gasteiger partial charge in [-0.2, -0.15) is 4.98 Å². The van der Waals surface area contributed by atoms with E-state index < -0.39 is 0 Å². The number of hydrogen-bond donors (Lipinski definition) is 2. The van der Waals surface area contributed by atoms with E-state index in [1.54, 1.807) is 11.8 Å². The number of nitrogens with zero attached hydrogens (tertiary/aromatic N) is 5. The van der Waals surface area contributed by atoms with E-state index in [0.717, 1.165) is 56.4 Å². The molecule has 1 aliphatic rings. The molecular formula is C24H27N7O2. The van der Waals surface area contributed by atoms with Crippen LogP contribution in [-0.4, -0.2) is 71.2 Å². The predicted octanol–water partition coefficient (Wildman–Crippen LogP) is 2.82. The maximum absolute atomic E-state index is 6.58. The second-order valence-corrected chi connectivity index (χ2v) is 7.84. The Morgan fingerprint density at radius 1 is 1.06 bits per heavy atom. The first-order valence-electron chi connectivity index (χ1n) is 11.0. The minimum atomic E-state index is 0.494. The highest BCUT2D eigenvalue weighted by molar-refractivity contribution is 5.99. The summed E-state index contributed by atoms with van der Waals surface area (Å²) in [5, 5.41) is 8.79. The van der Waals surface area contributed by atoms with Crippen LogP contribution in [0, 0.1) is 0 Å². The molecule has 33 heavy (non-hydrogen) atoms. The highest BCUT2D eigenvalue weighted by Crippen LogP contribution is 2.34. The van der Waals surface area contributed by atoms with Crippen molar-refractivity contribution in [2.75, 3.05) is 57.6 Å². The Bertz CT molecular complexity index is 1240. The summed E-state index contributed by atoms with van der Waals surface area (Å²) in [6.07, 6.45) is 0. The monoisotopic (exact) mass is 445 g/mol. The van der Waals surface area contributed by atoms with Crippen molar-refractivity contribution >= 4 is 22.8 Å². The van der Waals surface area contributed by atoms with Crippen molar-refractivity contribution in [3.63, 3.8) is 0 Å². The van der Waals surface area contributed by atoms with Crippen LogP contribution in [0.1, 0.15) is 0 Å². The average molecular weight is 446 g/mol. The van der Waals surface area contributed by atoms with Crippen LogP contribution < -0.4 is 15.8 Å². The molecule has 1 fully saturated rings. The van der Waals surface area contributed by atoms with E-state index in [1.165, 1.54) is 0 Å². The summed E-state index contributed by atoms with van der Waals surface area (Å²) in [6, 6.07) is 17.6. The van der Waals surface area contributed by atoms with Crippen LogP contribution in [0.25, 0.3) is 28.0 Å². The minimum Gasteiger partial charge on any atom is -0.497 e. The minimum absolute atomic E-state index is 0.494. The number of nitrogen functional groups attached to an aromatic ring is 1. The molecule has 0 spiro atoms. The molecule has 0 radical (unpaired) electrons. The smallest absolute Gasteiger partial charge is 0.225 e. The van der Waals surface area contributed by atoms with Crippen molar-refractivity contribution in [2.45, 2.75) is 0 Å². The molecule has 2 aromatic heterocycles. The van der Waals surface area contributed by atoms with Gasteiger partial charge in [0, 0.05) is 31.7 Å². The number of benzene rings is 2. The first kappa shape index (κ1) is 21.2. The van der Waals surface area contributed by atoms with Gasteiger partial charge in [0.15, 0.2) is 5.65 Å². The lowest BCUT2D eigenvalue weighted by atomic mass is 10.1. The van der Waals surface area contributed by atoms with E-state index in [0.29, 0.717) is 28.5 Å². The molecule has 5 rings (SSSR count). The Balaban J connectivity index is 1.54. The lowest BCUT2D eigenvalue weighted by molar-refractivity contribution is 0.0398. The lowest BCUT2D eigenvalue weighted by Crippen LogP contribution is -2.39. The Morgan fingerprint density at radius 2 is 1.88 bits per heavy atom. The van der Waals surface area contributed by atoms with E-state index in [-0.39, 0.29) is 0 Å². The van der Waals surface area contributed by atoms with Crippen molar-refractivity contribution in [3.8, 4) is 22.7 Å². The molecule has 3 heterocycles. The molecule has 0 saturated carbocycles. The van der Waals surface area contributed by atoms with Gasteiger partial charge in [0.05, 0.1) is 37.1 Å². The SMILES string of the molecule is COc1cccc(-c2nc(NCCN3CCOCC3)nc3nn(-c4ccccc4)c(N)c23)c1. The zero-order valence-corrected chi connectivity index (χ0v) is 18.6. The van der Waals surface area contributed by atoms with Crippen molar-refractivity contribution in [2.24, 2.45) is 0 Å². The number of aromatic nitrogens is 4. The van der Waals surface area contributed by atoms with E-state index in [4.69, 9.17) is 25.3 Å². The second-order valence-electron chi connectivity index (χ2n) is 7.84. The van der Waals surface area contributed by atoms with Gasteiger partial charge in [-0.05, 0) is 24.3 Å². The molecule has 1 saturated heterocycles. The van der Waals surface area contributed by atoms with Crippen LogP contribution in [0.15, 0.2) is 54.6 Å². The van der Waals surface area contributed by atoms with E-state index >= 15 is 0 Å². The molecule has 9 nitrogen and oxygen atoms in total. The molecule has 0 atom stereocenters. The summed E-state index contributed by atoms with van der Waals surface area (Å²) in [7, 11) is 1.65. The molecule has 0 bridgehead atoms. The summed E-state index contributed by atoms with van der Waals surface area (Å²) in [5.41, 5.74) is 9.59. The van der Waals surface area contributed by atoms with Gasteiger partial charge in [-0.3, -0.25) is 4.90 Å². The fourth-order valence-corrected chi connectivity index (χ4v) is 3.99. The normalized spacial score (nSPS) is 14.5. The predicted molar refractivity (Wildman–Crippen MR) is 129 cm³/mol. The van der Waals surface area contributed by atoms with Crippen molar-refractivity contribution in [3.05, 3.63) is 54.6 Å². The number of nitrogens with one attached hydrogen (secondary N) is 1. The third-order valence-corrected chi connectivity index (χ3v) is 5.73. The van der Waals surface area contributed by atoms with E-state index in [1.807, 2.05) is 54.6 Å². The van der Waals surface area contributed by atoms with Gasteiger partial charge >= 0.3 is 0 Å². The number of ether oxygens (including phenoxy) is 2. The van der Waals surface area contributed by atoms with Gasteiger partial charge in [-0.1, -0.05) is 30.3 Å². The molecule has 170 valence electrons. The van der Waals surface area contributed by atoms with Crippen molar-refractivity contribution in [1.29, 1.82) is 0 Å². The van der Waals surface area contributed by atoms with Gasteiger partial charge in [0.1, 0.15) is 11.6 Å². The first-order valence-corrected chi connectivity index (χ1v) is 11.0. The molecular weight excluding hydrogens is 418 g/mol. The summed E-state index contributed by atoms with van der Waals surface area (Å²) in [5.74, 6) is 1.76. The number of anilines is 2. The van der Waals surface area contributed by atoms with Gasteiger partial charge < -0.3 is 20.5 Å².